The summed E-state index contributed by atoms with van der Waals surface area (Å²) in [6.07, 6.45) is -10.8. The van der Waals surface area contributed by atoms with Gasteiger partial charge in [0.2, 0.25) is 0 Å². The van der Waals surface area contributed by atoms with Gasteiger partial charge in [-0.05, 0) is 0 Å². The Labute approximate surface area is 121 Å². The zero-order valence-electron chi connectivity index (χ0n) is 10.7. The number of rotatable bonds is 8. The molecule has 5 nitrogen and oxygen atoms in total. The van der Waals surface area contributed by atoms with E-state index in [1.165, 1.54) is 5.32 Å². The highest BCUT2D eigenvalue weighted by Gasteiger charge is 2.83. The summed E-state index contributed by atoms with van der Waals surface area (Å²) < 4.78 is 113. The Morgan fingerprint density at radius 3 is 1.70 bits per heavy atom. The van der Waals surface area contributed by atoms with E-state index in [9.17, 15) is 44.3 Å². The fraction of sp³-hybridized carbons (Fsp3) is 0.889. The van der Waals surface area contributed by atoms with Crippen molar-refractivity contribution in [1.29, 1.82) is 0 Å². The molecule has 4 N–H and O–H groups in total. The van der Waals surface area contributed by atoms with Crippen molar-refractivity contribution in [2.24, 2.45) is 0 Å². The molecular formula is C9H10F9NO4. The molecule has 0 radical (unpaired) electrons. The second-order valence-corrected chi connectivity index (χ2v) is 4.27. The molecule has 0 unspecified atom stereocenters. The van der Waals surface area contributed by atoms with E-state index in [0.29, 0.717) is 0 Å². The third kappa shape index (κ3) is 3.98. The lowest BCUT2D eigenvalue weighted by Gasteiger charge is -2.36. The van der Waals surface area contributed by atoms with Crippen LogP contribution in [0.2, 0.25) is 0 Å². The SMILES string of the molecule is O=C(O)[C@H](CO)NC[C@@H](O)C(F)(F)C(F)(F)C(F)(F)C(F)(F)F. The highest BCUT2D eigenvalue weighted by molar-refractivity contribution is 5.73. The number of aliphatic carboxylic acids is 1. The van der Waals surface area contributed by atoms with Gasteiger partial charge in [0.1, 0.15) is 12.1 Å². The van der Waals surface area contributed by atoms with Gasteiger partial charge < -0.3 is 15.3 Å². The summed E-state index contributed by atoms with van der Waals surface area (Å²) in [5, 5.41) is 27.1. The summed E-state index contributed by atoms with van der Waals surface area (Å²) in [7, 11) is 0. The molecule has 0 saturated carbocycles. The molecular weight excluding hydrogens is 357 g/mol. The molecule has 0 aromatic carbocycles. The summed E-state index contributed by atoms with van der Waals surface area (Å²) >= 11 is 0. The van der Waals surface area contributed by atoms with Crippen molar-refractivity contribution in [3.8, 4) is 0 Å². The molecule has 23 heavy (non-hydrogen) atoms. The van der Waals surface area contributed by atoms with Crippen molar-refractivity contribution < 1.29 is 59.6 Å². The molecule has 0 aliphatic rings. The highest BCUT2D eigenvalue weighted by Crippen LogP contribution is 2.53. The first-order chi connectivity index (χ1) is 10.0. The Morgan fingerprint density at radius 2 is 1.39 bits per heavy atom. The first-order valence-electron chi connectivity index (χ1n) is 5.49. The number of carboxylic acid groups (broad SMARTS) is 1. The maximum Gasteiger partial charge on any atom is 0.460 e. The van der Waals surface area contributed by atoms with Gasteiger partial charge >= 0.3 is 29.9 Å². The minimum absolute atomic E-state index is 1.26. The molecule has 0 aliphatic heterocycles. The van der Waals surface area contributed by atoms with Gasteiger partial charge in [0, 0.05) is 6.54 Å². The average molecular weight is 367 g/mol. The minimum Gasteiger partial charge on any atom is -0.480 e. The first kappa shape index (κ1) is 21.7. The molecule has 0 saturated heterocycles. The number of halogens is 9. The Kier molecular flexibility index (Phi) is 6.31. The topological polar surface area (TPSA) is 89.8 Å². The van der Waals surface area contributed by atoms with Crippen LogP contribution in [0.15, 0.2) is 0 Å². The molecule has 2 atom stereocenters. The van der Waals surface area contributed by atoms with Crippen LogP contribution >= 0.6 is 0 Å². The van der Waals surface area contributed by atoms with E-state index in [0.717, 1.165) is 0 Å². The van der Waals surface area contributed by atoms with Crippen LogP contribution in [0.5, 0.6) is 0 Å². The van der Waals surface area contributed by atoms with E-state index >= 15 is 0 Å². The first-order valence-corrected chi connectivity index (χ1v) is 5.49. The standard InChI is InChI=1S/C9H10F9NO4/c10-6(11,4(21)1-19-3(2-20)5(22)23)7(12,13)8(14,15)9(16,17)18/h3-4,19-21H,1-2H2,(H,22,23)/t3-,4+/m0/s1. The Bertz CT molecular complexity index is 426. The van der Waals surface area contributed by atoms with E-state index < -0.39 is 55.2 Å². The van der Waals surface area contributed by atoms with Crippen molar-refractivity contribution in [1.82, 2.24) is 5.32 Å². The summed E-state index contributed by atoms with van der Waals surface area (Å²) in [6, 6.07) is -2.04. The minimum atomic E-state index is -7.16. The molecule has 0 fully saturated rings. The van der Waals surface area contributed by atoms with Gasteiger partial charge in [0.15, 0.2) is 0 Å². The molecule has 0 aromatic heterocycles. The molecule has 0 aromatic rings. The van der Waals surface area contributed by atoms with E-state index in [2.05, 4.69) is 0 Å². The van der Waals surface area contributed by atoms with Gasteiger partial charge in [0.25, 0.3) is 0 Å². The number of aliphatic hydroxyl groups excluding tert-OH is 2. The Balaban J connectivity index is 5.33. The van der Waals surface area contributed by atoms with Gasteiger partial charge in [-0.15, -0.1) is 0 Å². The maximum atomic E-state index is 13.1. The van der Waals surface area contributed by atoms with E-state index in [4.69, 9.17) is 15.3 Å². The number of aliphatic hydroxyl groups is 2. The second-order valence-electron chi connectivity index (χ2n) is 4.27. The molecule has 0 bridgehead atoms. The average Bonchev–Trinajstić information content (AvgIpc) is 2.36. The lowest BCUT2D eigenvalue weighted by atomic mass is 9.98. The van der Waals surface area contributed by atoms with Gasteiger partial charge in [-0.3, -0.25) is 10.1 Å². The van der Waals surface area contributed by atoms with E-state index in [1.54, 1.807) is 0 Å². The number of hydrogen-bond acceptors (Lipinski definition) is 4. The van der Waals surface area contributed by atoms with Crippen LogP contribution in [0.4, 0.5) is 39.5 Å². The number of alkyl halides is 9. The van der Waals surface area contributed by atoms with Gasteiger partial charge in [-0.1, -0.05) is 0 Å². The zero-order valence-corrected chi connectivity index (χ0v) is 10.7. The Hall–Kier alpha value is -1.28. The maximum absolute atomic E-state index is 13.1. The zero-order chi connectivity index (χ0) is 18.9. The predicted molar refractivity (Wildman–Crippen MR) is 53.4 cm³/mol. The largest absolute Gasteiger partial charge is 0.480 e. The van der Waals surface area contributed by atoms with Crippen LogP contribution in [-0.4, -0.2) is 70.5 Å². The summed E-state index contributed by atoms with van der Waals surface area (Å²) in [5.74, 6) is -22.3. The Morgan fingerprint density at radius 1 is 0.957 bits per heavy atom. The number of carboxylic acids is 1. The number of hydrogen-bond donors (Lipinski definition) is 4. The van der Waals surface area contributed by atoms with Crippen LogP contribution in [0.3, 0.4) is 0 Å². The van der Waals surface area contributed by atoms with Crippen molar-refractivity contribution in [2.75, 3.05) is 13.2 Å². The summed E-state index contributed by atoms with van der Waals surface area (Å²) in [6.45, 7) is -3.07. The lowest BCUT2D eigenvalue weighted by Crippen LogP contribution is -2.66. The van der Waals surface area contributed by atoms with Gasteiger partial charge in [-0.25, -0.2) is 0 Å². The summed E-state index contributed by atoms with van der Waals surface area (Å²) in [4.78, 5) is 10.4. The molecule has 0 amide bonds. The van der Waals surface area contributed by atoms with Crippen LogP contribution in [0.25, 0.3) is 0 Å². The fourth-order valence-corrected chi connectivity index (χ4v) is 1.21. The molecule has 0 aliphatic carbocycles. The number of carbonyl (C=O) groups is 1. The molecule has 0 spiro atoms. The lowest BCUT2D eigenvalue weighted by molar-refractivity contribution is -0.405. The smallest absolute Gasteiger partial charge is 0.460 e. The molecule has 0 rings (SSSR count). The fourth-order valence-electron chi connectivity index (χ4n) is 1.21. The van der Waals surface area contributed by atoms with Crippen LogP contribution in [0, 0.1) is 0 Å². The third-order valence-corrected chi connectivity index (χ3v) is 2.63. The van der Waals surface area contributed by atoms with Crippen molar-refractivity contribution in [3.63, 3.8) is 0 Å². The van der Waals surface area contributed by atoms with E-state index in [-0.39, 0.29) is 0 Å². The molecule has 0 heterocycles. The second kappa shape index (κ2) is 6.68. The normalized spacial score (nSPS) is 17.0. The third-order valence-electron chi connectivity index (χ3n) is 2.63. The molecule has 138 valence electrons. The van der Waals surface area contributed by atoms with Crippen molar-refractivity contribution >= 4 is 5.97 Å². The summed E-state index contributed by atoms with van der Waals surface area (Å²) in [5.41, 5.74) is 0. The van der Waals surface area contributed by atoms with Crippen molar-refractivity contribution in [2.45, 2.75) is 36.1 Å². The van der Waals surface area contributed by atoms with Crippen molar-refractivity contribution in [3.05, 3.63) is 0 Å². The van der Waals surface area contributed by atoms with Gasteiger partial charge in [0.05, 0.1) is 6.61 Å². The van der Waals surface area contributed by atoms with Crippen LogP contribution < -0.4 is 5.32 Å². The molecule has 14 heteroatoms. The number of nitrogens with one attached hydrogen (secondary N) is 1. The van der Waals surface area contributed by atoms with Crippen LogP contribution in [-0.2, 0) is 4.79 Å². The predicted octanol–water partition coefficient (Wildman–Crippen LogP) is 0.851. The van der Waals surface area contributed by atoms with Gasteiger partial charge in [-0.2, -0.15) is 39.5 Å². The van der Waals surface area contributed by atoms with Crippen LogP contribution in [0.1, 0.15) is 0 Å². The van der Waals surface area contributed by atoms with E-state index in [1.807, 2.05) is 0 Å². The monoisotopic (exact) mass is 367 g/mol. The highest BCUT2D eigenvalue weighted by atomic mass is 19.4. The quantitative estimate of drug-likeness (QED) is 0.478.